The van der Waals surface area contributed by atoms with Crippen LogP contribution in [0.1, 0.15) is 36.0 Å². The fourth-order valence-electron chi connectivity index (χ4n) is 3.67. The van der Waals surface area contributed by atoms with Crippen LogP contribution in [-0.4, -0.2) is 61.2 Å². The average molecular weight is 376 g/mol. The molecule has 0 radical (unpaired) electrons. The quantitative estimate of drug-likeness (QED) is 0.490. The van der Waals surface area contributed by atoms with Crippen LogP contribution in [-0.2, 0) is 4.74 Å². The summed E-state index contributed by atoms with van der Waals surface area (Å²) in [4.78, 5) is 38.6. The van der Waals surface area contributed by atoms with Crippen LogP contribution in [0.2, 0.25) is 0 Å². The van der Waals surface area contributed by atoms with E-state index in [1.165, 1.54) is 19.2 Å². The van der Waals surface area contributed by atoms with Crippen LogP contribution in [0.15, 0.2) is 18.2 Å². The molecule has 1 aromatic carbocycles. The number of nitro groups is 1. The van der Waals surface area contributed by atoms with E-state index in [2.05, 4.69) is 10.1 Å². The topological polar surface area (TPSA) is 105 Å². The highest BCUT2D eigenvalue weighted by molar-refractivity contribution is 5.91. The third-order valence-electron chi connectivity index (χ3n) is 5.18. The molecule has 9 heteroatoms. The minimum absolute atomic E-state index is 0.0583. The van der Waals surface area contributed by atoms with Crippen LogP contribution < -0.4 is 10.2 Å². The van der Waals surface area contributed by atoms with Gasteiger partial charge in [0.05, 0.1) is 17.6 Å². The lowest BCUT2D eigenvalue weighted by Crippen LogP contribution is -2.53. The number of ether oxygens (including phenoxy) is 1. The van der Waals surface area contributed by atoms with Gasteiger partial charge in [0.2, 0.25) is 0 Å². The Morgan fingerprint density at radius 1 is 1.19 bits per heavy atom. The molecule has 1 aliphatic carbocycles. The zero-order valence-corrected chi connectivity index (χ0v) is 15.3. The molecule has 3 rings (SSSR count). The lowest BCUT2D eigenvalue weighted by atomic mass is 10.1. The Morgan fingerprint density at radius 3 is 2.44 bits per heavy atom. The van der Waals surface area contributed by atoms with Crippen molar-refractivity contribution >= 4 is 23.4 Å². The summed E-state index contributed by atoms with van der Waals surface area (Å²) in [6.07, 6.45) is 4.38. The third-order valence-corrected chi connectivity index (χ3v) is 5.18. The predicted octanol–water partition coefficient (Wildman–Crippen LogP) is 2.16. The van der Waals surface area contributed by atoms with Gasteiger partial charge < -0.3 is 19.9 Å². The number of carbonyl (C=O) groups excluding carboxylic acids is 2. The zero-order valence-electron chi connectivity index (χ0n) is 15.3. The number of hydrogen-bond donors (Lipinski definition) is 1. The van der Waals surface area contributed by atoms with Crippen molar-refractivity contribution in [2.75, 3.05) is 38.2 Å². The van der Waals surface area contributed by atoms with Gasteiger partial charge in [-0.05, 0) is 25.0 Å². The average Bonchev–Trinajstić information content (AvgIpc) is 3.20. The van der Waals surface area contributed by atoms with Gasteiger partial charge in [-0.3, -0.25) is 10.1 Å². The lowest BCUT2D eigenvalue weighted by molar-refractivity contribution is -0.384. The fraction of sp³-hybridized carbons (Fsp3) is 0.556. The molecule has 2 fully saturated rings. The second-order valence-corrected chi connectivity index (χ2v) is 6.86. The van der Waals surface area contributed by atoms with Gasteiger partial charge in [-0.2, -0.15) is 0 Å². The number of carbonyl (C=O) groups is 2. The van der Waals surface area contributed by atoms with E-state index in [4.69, 9.17) is 0 Å². The summed E-state index contributed by atoms with van der Waals surface area (Å²) in [6, 6.07) is 4.53. The van der Waals surface area contributed by atoms with Crippen molar-refractivity contribution in [1.82, 2.24) is 10.2 Å². The summed E-state index contributed by atoms with van der Waals surface area (Å²) in [5, 5.41) is 14.5. The molecule has 146 valence electrons. The summed E-state index contributed by atoms with van der Waals surface area (Å²) >= 11 is 0. The van der Waals surface area contributed by atoms with Gasteiger partial charge in [0.15, 0.2) is 0 Å². The highest BCUT2D eigenvalue weighted by Gasteiger charge is 2.28. The number of rotatable bonds is 4. The van der Waals surface area contributed by atoms with Crippen LogP contribution in [0.4, 0.5) is 16.2 Å². The largest absolute Gasteiger partial charge is 0.465 e. The number of esters is 1. The maximum Gasteiger partial charge on any atom is 0.338 e. The second kappa shape index (κ2) is 8.24. The van der Waals surface area contributed by atoms with E-state index in [1.54, 1.807) is 11.0 Å². The van der Waals surface area contributed by atoms with Gasteiger partial charge in [0.25, 0.3) is 5.69 Å². The normalized spacial score (nSPS) is 17.7. The highest BCUT2D eigenvalue weighted by Crippen LogP contribution is 2.30. The lowest BCUT2D eigenvalue weighted by Gasteiger charge is -2.36. The number of nitrogens with one attached hydrogen (secondary N) is 1. The van der Waals surface area contributed by atoms with E-state index < -0.39 is 10.9 Å². The van der Waals surface area contributed by atoms with Crippen molar-refractivity contribution in [2.45, 2.75) is 31.7 Å². The first-order valence-corrected chi connectivity index (χ1v) is 9.16. The molecule has 1 aromatic rings. The Bertz CT molecular complexity index is 724. The van der Waals surface area contributed by atoms with E-state index in [9.17, 15) is 19.7 Å². The van der Waals surface area contributed by atoms with Crippen LogP contribution in [0, 0.1) is 10.1 Å². The summed E-state index contributed by atoms with van der Waals surface area (Å²) < 4.78 is 4.63. The third kappa shape index (κ3) is 4.29. The molecule has 0 unspecified atom stereocenters. The Kier molecular flexibility index (Phi) is 5.78. The van der Waals surface area contributed by atoms with Gasteiger partial charge in [-0.25, -0.2) is 9.59 Å². The Balaban J connectivity index is 1.65. The van der Waals surface area contributed by atoms with Crippen molar-refractivity contribution in [2.24, 2.45) is 0 Å². The Morgan fingerprint density at radius 2 is 1.85 bits per heavy atom. The molecule has 1 aliphatic heterocycles. The van der Waals surface area contributed by atoms with Crippen molar-refractivity contribution in [3.05, 3.63) is 33.9 Å². The maximum atomic E-state index is 12.4. The molecule has 1 heterocycles. The van der Waals surface area contributed by atoms with Gasteiger partial charge in [-0.1, -0.05) is 12.8 Å². The molecule has 0 spiro atoms. The first-order valence-electron chi connectivity index (χ1n) is 9.16. The number of nitro benzene ring substituents is 1. The number of urea groups is 1. The zero-order chi connectivity index (χ0) is 19.4. The molecule has 27 heavy (non-hydrogen) atoms. The molecule has 0 aromatic heterocycles. The molecule has 1 N–H and O–H groups in total. The SMILES string of the molecule is COC(=O)c1ccc(N2CCN(C(=O)NC3CCCC3)CC2)c([N+](=O)[O-])c1. The summed E-state index contributed by atoms with van der Waals surface area (Å²) in [6.45, 7) is 1.98. The number of hydrogen-bond acceptors (Lipinski definition) is 6. The molecule has 9 nitrogen and oxygen atoms in total. The molecule has 0 bridgehead atoms. The molecule has 1 saturated carbocycles. The monoisotopic (exact) mass is 376 g/mol. The van der Waals surface area contributed by atoms with Gasteiger partial charge in [0.1, 0.15) is 5.69 Å². The standard InChI is InChI=1S/C18H24N4O5/c1-27-17(23)13-6-7-15(16(12-13)22(25)26)20-8-10-21(11-9-20)18(24)19-14-4-2-3-5-14/h6-7,12,14H,2-5,8-11H2,1H3,(H,19,24). The Labute approximate surface area is 157 Å². The molecule has 2 aliphatic rings. The van der Waals surface area contributed by atoms with Crippen molar-refractivity contribution in [1.29, 1.82) is 0 Å². The minimum atomic E-state index is -0.613. The summed E-state index contributed by atoms with van der Waals surface area (Å²) in [5.41, 5.74) is 0.452. The summed E-state index contributed by atoms with van der Waals surface area (Å²) in [5.74, 6) is -0.613. The number of benzene rings is 1. The number of nitrogens with zero attached hydrogens (tertiary/aromatic N) is 3. The molecular formula is C18H24N4O5. The highest BCUT2D eigenvalue weighted by atomic mass is 16.6. The summed E-state index contributed by atoms with van der Waals surface area (Å²) in [7, 11) is 1.23. The van der Waals surface area contributed by atoms with Crippen LogP contribution in [0.25, 0.3) is 0 Å². The first kappa shape index (κ1) is 18.9. The molecule has 1 saturated heterocycles. The van der Waals surface area contributed by atoms with Crippen molar-refractivity contribution < 1.29 is 19.2 Å². The second-order valence-electron chi connectivity index (χ2n) is 6.86. The number of piperazine rings is 1. The van der Waals surface area contributed by atoms with Crippen molar-refractivity contribution in [3.8, 4) is 0 Å². The fourth-order valence-corrected chi connectivity index (χ4v) is 3.67. The molecule has 0 atom stereocenters. The Hall–Kier alpha value is -2.84. The number of methoxy groups -OCH3 is 1. The maximum absolute atomic E-state index is 12.4. The van der Waals surface area contributed by atoms with E-state index in [0.717, 1.165) is 25.7 Å². The smallest absolute Gasteiger partial charge is 0.338 e. The molecule has 2 amide bonds. The van der Waals surface area contributed by atoms with Crippen LogP contribution in [0.3, 0.4) is 0 Å². The predicted molar refractivity (Wildman–Crippen MR) is 99.0 cm³/mol. The molecular weight excluding hydrogens is 352 g/mol. The first-order chi connectivity index (χ1) is 13.0. The van der Waals surface area contributed by atoms with E-state index in [1.807, 2.05) is 4.90 Å². The van der Waals surface area contributed by atoms with Crippen molar-refractivity contribution in [3.63, 3.8) is 0 Å². The van der Waals surface area contributed by atoms with Crippen LogP contribution >= 0.6 is 0 Å². The van der Waals surface area contributed by atoms with E-state index in [-0.39, 0.29) is 23.3 Å². The van der Waals surface area contributed by atoms with Gasteiger partial charge in [-0.15, -0.1) is 0 Å². The van der Waals surface area contributed by atoms with Gasteiger partial charge in [0, 0.05) is 38.3 Å². The van der Waals surface area contributed by atoms with E-state index in [0.29, 0.717) is 31.9 Å². The number of anilines is 1. The van der Waals surface area contributed by atoms with Crippen LogP contribution in [0.5, 0.6) is 0 Å². The van der Waals surface area contributed by atoms with Gasteiger partial charge >= 0.3 is 12.0 Å². The van der Waals surface area contributed by atoms with E-state index >= 15 is 0 Å². The number of amides is 2. The minimum Gasteiger partial charge on any atom is -0.465 e.